The Morgan fingerprint density at radius 3 is 2.60 bits per heavy atom. The van der Waals surface area contributed by atoms with Gasteiger partial charge in [-0.25, -0.2) is 4.52 Å². The number of nitrogens with one attached hydrogen (secondary N) is 2. The van der Waals surface area contributed by atoms with Crippen molar-refractivity contribution in [3.63, 3.8) is 0 Å². The third-order valence-electron chi connectivity index (χ3n) is 5.42. The Morgan fingerprint density at radius 2 is 1.80 bits per heavy atom. The summed E-state index contributed by atoms with van der Waals surface area (Å²) in [6.07, 6.45) is 2.47. The summed E-state index contributed by atoms with van der Waals surface area (Å²) < 4.78 is 1.80. The molecule has 7 N–H and O–H groups in total. The second kappa shape index (κ2) is 8.83. The van der Waals surface area contributed by atoms with Crippen LogP contribution in [0.25, 0.3) is 27.2 Å². The van der Waals surface area contributed by atoms with Crippen LogP contribution in [0.5, 0.6) is 5.75 Å². The molecule has 0 aliphatic heterocycles. The molecule has 4 rings (SSSR count). The van der Waals surface area contributed by atoms with E-state index in [2.05, 4.69) is 10.6 Å². The highest BCUT2D eigenvalue weighted by atomic mass is 16.3. The van der Waals surface area contributed by atoms with Crippen molar-refractivity contribution in [2.24, 2.45) is 11.5 Å². The number of benzene rings is 2. The van der Waals surface area contributed by atoms with Crippen molar-refractivity contribution in [3.05, 3.63) is 46.2 Å². The molecule has 2 aromatic heterocycles. The molecule has 0 aliphatic carbocycles. The van der Waals surface area contributed by atoms with E-state index in [1.165, 1.54) is 6.07 Å². The van der Waals surface area contributed by atoms with Crippen LogP contribution in [-0.2, 0) is 6.42 Å². The van der Waals surface area contributed by atoms with Gasteiger partial charge in [-0.2, -0.15) is 5.10 Å². The third-order valence-corrected chi connectivity index (χ3v) is 5.42. The zero-order valence-corrected chi connectivity index (χ0v) is 16.9. The minimum Gasteiger partial charge on any atom is -0.506 e. The molecule has 0 aliphatic rings. The molecule has 8 heteroatoms. The maximum absolute atomic E-state index is 12.6. The van der Waals surface area contributed by atoms with Gasteiger partial charge in [0.05, 0.1) is 27.5 Å². The predicted octanol–water partition coefficient (Wildman–Crippen LogP) is 1.39. The van der Waals surface area contributed by atoms with Crippen molar-refractivity contribution in [1.82, 2.24) is 14.9 Å². The molecule has 0 bridgehead atoms. The number of aromatic nitrogens is 2. The van der Waals surface area contributed by atoms with E-state index in [1.54, 1.807) is 10.6 Å². The lowest BCUT2D eigenvalue weighted by atomic mass is 10.0. The Labute approximate surface area is 174 Å². The summed E-state index contributed by atoms with van der Waals surface area (Å²) in [5.41, 5.74) is 14.1. The lowest BCUT2D eigenvalue weighted by Crippen LogP contribution is -2.21. The first-order valence-corrected chi connectivity index (χ1v) is 10.4. The molecule has 30 heavy (non-hydrogen) atoms. The van der Waals surface area contributed by atoms with E-state index in [1.807, 2.05) is 18.2 Å². The van der Waals surface area contributed by atoms with E-state index in [4.69, 9.17) is 16.6 Å². The lowest BCUT2D eigenvalue weighted by molar-refractivity contribution is 0.487. The fourth-order valence-corrected chi connectivity index (χ4v) is 3.96. The number of rotatable bonds is 10. The Morgan fingerprint density at radius 1 is 1.00 bits per heavy atom. The minimum absolute atomic E-state index is 0.00327. The molecule has 0 atom stereocenters. The Kier molecular flexibility index (Phi) is 5.98. The Hall–Kier alpha value is -2.94. The van der Waals surface area contributed by atoms with Crippen molar-refractivity contribution < 1.29 is 5.11 Å². The molecule has 0 amide bonds. The maximum Gasteiger partial charge on any atom is 0.191 e. The monoisotopic (exact) mass is 408 g/mol. The van der Waals surface area contributed by atoms with Gasteiger partial charge in [0.25, 0.3) is 0 Å². The number of nitrogens with two attached hydrogens (primary N) is 2. The molecule has 158 valence electrons. The number of fused-ring (bicyclic) bond motifs is 2. The fourth-order valence-electron chi connectivity index (χ4n) is 3.96. The molecule has 8 nitrogen and oxygen atoms in total. The van der Waals surface area contributed by atoms with Gasteiger partial charge in [-0.1, -0.05) is 6.07 Å². The van der Waals surface area contributed by atoms with Crippen LogP contribution in [-0.4, -0.2) is 47.4 Å². The largest absolute Gasteiger partial charge is 0.506 e. The van der Waals surface area contributed by atoms with E-state index in [0.29, 0.717) is 30.5 Å². The molecule has 0 fully saturated rings. The zero-order valence-electron chi connectivity index (χ0n) is 16.9. The van der Waals surface area contributed by atoms with Crippen molar-refractivity contribution in [3.8, 4) is 5.75 Å². The number of hydrogen-bond acceptors (Lipinski definition) is 7. The van der Waals surface area contributed by atoms with Gasteiger partial charge in [0, 0.05) is 30.6 Å². The van der Waals surface area contributed by atoms with Crippen molar-refractivity contribution in [2.75, 3.05) is 38.0 Å². The Balaban J connectivity index is 1.88. The van der Waals surface area contributed by atoms with E-state index in [-0.39, 0.29) is 16.6 Å². The Bertz CT molecular complexity index is 1220. The average molecular weight is 409 g/mol. The van der Waals surface area contributed by atoms with Crippen LogP contribution in [0.3, 0.4) is 0 Å². The molecule has 0 saturated heterocycles. The highest BCUT2D eigenvalue weighted by Crippen LogP contribution is 2.40. The van der Waals surface area contributed by atoms with Crippen LogP contribution in [0.2, 0.25) is 0 Å². The van der Waals surface area contributed by atoms with Crippen LogP contribution < -0.4 is 27.5 Å². The van der Waals surface area contributed by atoms with Crippen molar-refractivity contribution in [1.29, 1.82) is 0 Å². The van der Waals surface area contributed by atoms with Gasteiger partial charge >= 0.3 is 0 Å². The first-order valence-electron chi connectivity index (χ1n) is 10.4. The van der Waals surface area contributed by atoms with E-state index < -0.39 is 0 Å². The van der Waals surface area contributed by atoms with Crippen LogP contribution in [0.15, 0.2) is 35.1 Å². The second-order valence-electron chi connectivity index (χ2n) is 7.45. The highest BCUT2D eigenvalue weighted by Gasteiger charge is 2.21. The molecule has 0 radical (unpaired) electrons. The summed E-state index contributed by atoms with van der Waals surface area (Å²) in [7, 11) is 0. The molecule has 2 heterocycles. The van der Waals surface area contributed by atoms with Crippen LogP contribution >= 0.6 is 0 Å². The standard InChI is InChI=1S/C22H28N6O2/c23-9-2-11-25-13-8-15-14-6-7-16(26-12-3-10-24)19-21(14)28(27-15)17-4-1-5-18(29)20(17)22(19)30/h1,4-7,25-26,30H,2-3,8-13,23-24H2. The van der Waals surface area contributed by atoms with E-state index in [9.17, 15) is 9.90 Å². The summed E-state index contributed by atoms with van der Waals surface area (Å²) in [6.45, 7) is 3.57. The predicted molar refractivity (Wildman–Crippen MR) is 122 cm³/mol. The molecule has 0 saturated carbocycles. The van der Waals surface area contributed by atoms with Gasteiger partial charge in [0.1, 0.15) is 5.75 Å². The van der Waals surface area contributed by atoms with Gasteiger partial charge in [0.15, 0.2) is 5.43 Å². The van der Waals surface area contributed by atoms with Crippen LogP contribution in [0.4, 0.5) is 5.69 Å². The van der Waals surface area contributed by atoms with Gasteiger partial charge < -0.3 is 27.2 Å². The molecular weight excluding hydrogens is 380 g/mol. The normalized spacial score (nSPS) is 11.8. The van der Waals surface area contributed by atoms with Gasteiger partial charge in [-0.05, 0) is 56.7 Å². The van der Waals surface area contributed by atoms with E-state index in [0.717, 1.165) is 54.6 Å². The highest BCUT2D eigenvalue weighted by molar-refractivity contribution is 6.13. The first kappa shape index (κ1) is 20.3. The number of nitrogens with zero attached hydrogens (tertiary/aromatic N) is 2. The second-order valence-corrected chi connectivity index (χ2v) is 7.45. The third kappa shape index (κ3) is 3.54. The number of anilines is 1. The summed E-state index contributed by atoms with van der Waals surface area (Å²) in [5, 5.41) is 24.6. The zero-order chi connectivity index (χ0) is 21.1. The molecule has 2 aromatic carbocycles. The molecule has 0 unspecified atom stereocenters. The minimum atomic E-state index is -0.221. The fraction of sp³-hybridized carbons (Fsp3) is 0.364. The summed E-state index contributed by atoms with van der Waals surface area (Å²) in [6, 6.07) is 8.96. The lowest BCUT2D eigenvalue weighted by Gasteiger charge is -2.13. The number of aromatic hydroxyl groups is 1. The summed E-state index contributed by atoms with van der Waals surface area (Å²) in [4.78, 5) is 12.6. The van der Waals surface area contributed by atoms with Crippen molar-refractivity contribution in [2.45, 2.75) is 19.3 Å². The van der Waals surface area contributed by atoms with Crippen LogP contribution in [0.1, 0.15) is 18.5 Å². The van der Waals surface area contributed by atoms with Crippen molar-refractivity contribution >= 4 is 32.9 Å². The smallest absolute Gasteiger partial charge is 0.191 e. The van der Waals surface area contributed by atoms with Gasteiger partial charge in [-0.15, -0.1) is 0 Å². The van der Waals surface area contributed by atoms with Gasteiger partial charge in [0.2, 0.25) is 0 Å². The molecule has 4 aromatic rings. The topological polar surface area (TPSA) is 131 Å². The average Bonchev–Trinajstić information content (AvgIpc) is 3.11. The van der Waals surface area contributed by atoms with E-state index >= 15 is 0 Å². The quantitative estimate of drug-likeness (QED) is 0.198. The molecule has 0 spiro atoms. The first-order chi connectivity index (χ1) is 14.7. The summed E-state index contributed by atoms with van der Waals surface area (Å²) in [5.74, 6) is -0.00327. The van der Waals surface area contributed by atoms with Crippen LogP contribution in [0, 0.1) is 0 Å². The van der Waals surface area contributed by atoms with Gasteiger partial charge in [-0.3, -0.25) is 4.79 Å². The summed E-state index contributed by atoms with van der Waals surface area (Å²) >= 11 is 0. The SMILES string of the molecule is NCCCNCCc1nn2c3cccc(=O)c3c(O)c3c(NCCCN)ccc1c32. The number of pyridine rings is 1. The number of hydrogen-bond donors (Lipinski definition) is 5. The molecular formula is C22H28N6O2. The maximum atomic E-state index is 12.6.